The number of piperidine rings is 1. The molecule has 2 aromatic carbocycles. The Hall–Kier alpha value is -2.83. The largest absolute Gasteiger partial charge is 0.491 e. The van der Waals surface area contributed by atoms with Crippen LogP contribution in [0.25, 0.3) is 21.9 Å². The highest BCUT2D eigenvalue weighted by Crippen LogP contribution is 2.37. The standard InChI is InChI=1S/C25H28N2O4/c28-20(14-27-8-6-25(7-9-27)13-24(29)26-17-25)16-31-21-11-18-3-1-2-4-22(18)23(12-21)19-5-10-30-15-19/h1-5,10-12,15,20,28H,6-9,13-14,16-17H2,(H,26,29). The molecule has 6 heteroatoms. The van der Waals surface area contributed by atoms with Gasteiger partial charge in [0.1, 0.15) is 18.5 Å². The Morgan fingerprint density at radius 1 is 1.19 bits per heavy atom. The molecule has 0 aliphatic carbocycles. The fourth-order valence-electron chi connectivity index (χ4n) is 4.88. The molecule has 2 fully saturated rings. The van der Waals surface area contributed by atoms with Crippen LogP contribution in [0.3, 0.4) is 0 Å². The third-order valence-electron chi connectivity index (χ3n) is 6.69. The van der Waals surface area contributed by atoms with Crippen molar-refractivity contribution in [2.75, 3.05) is 32.8 Å². The van der Waals surface area contributed by atoms with Gasteiger partial charge in [0, 0.05) is 25.1 Å². The van der Waals surface area contributed by atoms with Crippen LogP contribution in [0.2, 0.25) is 0 Å². The zero-order valence-corrected chi connectivity index (χ0v) is 17.5. The molecular formula is C25H28N2O4. The number of furan rings is 1. The first-order valence-electron chi connectivity index (χ1n) is 11.0. The first kappa shape index (κ1) is 20.1. The predicted octanol–water partition coefficient (Wildman–Crippen LogP) is 3.44. The molecule has 2 saturated heterocycles. The molecule has 3 heterocycles. The summed E-state index contributed by atoms with van der Waals surface area (Å²) in [5.41, 5.74) is 2.19. The first-order chi connectivity index (χ1) is 15.1. The highest BCUT2D eigenvalue weighted by molar-refractivity contribution is 5.97. The summed E-state index contributed by atoms with van der Waals surface area (Å²) in [6, 6.07) is 14.2. The van der Waals surface area contributed by atoms with Gasteiger partial charge in [0.2, 0.25) is 5.91 Å². The van der Waals surface area contributed by atoms with Crippen LogP contribution in [0.1, 0.15) is 19.3 Å². The Morgan fingerprint density at radius 2 is 2.03 bits per heavy atom. The second kappa shape index (κ2) is 8.36. The number of hydrogen-bond acceptors (Lipinski definition) is 5. The van der Waals surface area contributed by atoms with Crippen LogP contribution in [0.15, 0.2) is 59.4 Å². The fraction of sp³-hybridized carbons (Fsp3) is 0.400. The average molecular weight is 421 g/mol. The molecule has 6 nitrogen and oxygen atoms in total. The lowest BCUT2D eigenvalue weighted by Gasteiger charge is -2.38. The minimum absolute atomic E-state index is 0.129. The number of hydrogen-bond donors (Lipinski definition) is 2. The van der Waals surface area contributed by atoms with Gasteiger partial charge in [-0.1, -0.05) is 24.3 Å². The van der Waals surface area contributed by atoms with E-state index in [1.165, 1.54) is 0 Å². The van der Waals surface area contributed by atoms with Crippen molar-refractivity contribution in [3.05, 3.63) is 55.0 Å². The molecule has 1 amide bonds. The summed E-state index contributed by atoms with van der Waals surface area (Å²) in [7, 11) is 0. The van der Waals surface area contributed by atoms with Crippen molar-refractivity contribution in [2.24, 2.45) is 5.41 Å². The van der Waals surface area contributed by atoms with Crippen molar-refractivity contribution in [2.45, 2.75) is 25.4 Å². The number of rotatable bonds is 6. The van der Waals surface area contributed by atoms with E-state index in [1.54, 1.807) is 12.5 Å². The molecule has 1 spiro atoms. The average Bonchev–Trinajstić information content (AvgIpc) is 3.44. The van der Waals surface area contributed by atoms with E-state index in [-0.39, 0.29) is 17.9 Å². The molecule has 0 saturated carbocycles. The summed E-state index contributed by atoms with van der Waals surface area (Å²) >= 11 is 0. The van der Waals surface area contributed by atoms with E-state index in [2.05, 4.69) is 22.3 Å². The van der Waals surface area contributed by atoms with Crippen molar-refractivity contribution >= 4 is 16.7 Å². The van der Waals surface area contributed by atoms with E-state index in [9.17, 15) is 9.90 Å². The van der Waals surface area contributed by atoms with Crippen molar-refractivity contribution in [3.63, 3.8) is 0 Å². The Kier molecular flexibility index (Phi) is 5.42. The highest BCUT2D eigenvalue weighted by Gasteiger charge is 2.40. The summed E-state index contributed by atoms with van der Waals surface area (Å²) in [5.74, 6) is 0.911. The number of carbonyl (C=O) groups excluding carboxylic acids is 1. The molecule has 2 aliphatic heterocycles. The number of aliphatic hydroxyl groups excluding tert-OH is 1. The molecule has 2 aliphatic rings. The van der Waals surface area contributed by atoms with E-state index in [0.29, 0.717) is 13.0 Å². The van der Waals surface area contributed by atoms with E-state index in [0.717, 1.165) is 60.1 Å². The van der Waals surface area contributed by atoms with Crippen LogP contribution in [-0.2, 0) is 4.79 Å². The van der Waals surface area contributed by atoms with Gasteiger partial charge >= 0.3 is 0 Å². The van der Waals surface area contributed by atoms with Crippen LogP contribution in [0, 0.1) is 5.41 Å². The fourth-order valence-corrected chi connectivity index (χ4v) is 4.88. The smallest absolute Gasteiger partial charge is 0.220 e. The third-order valence-corrected chi connectivity index (χ3v) is 6.69. The number of nitrogens with zero attached hydrogens (tertiary/aromatic N) is 1. The Morgan fingerprint density at radius 3 is 2.77 bits per heavy atom. The minimum atomic E-state index is -0.568. The maximum absolute atomic E-state index is 11.6. The number of aliphatic hydroxyl groups is 1. The van der Waals surface area contributed by atoms with Crippen LogP contribution >= 0.6 is 0 Å². The molecule has 5 rings (SSSR count). The SMILES string of the molecule is O=C1CC2(CCN(CC(O)COc3cc(-c4ccoc4)c4ccccc4c3)CC2)CN1. The molecule has 162 valence electrons. The molecule has 0 bridgehead atoms. The molecule has 1 unspecified atom stereocenters. The third kappa shape index (κ3) is 4.31. The lowest BCUT2D eigenvalue weighted by molar-refractivity contribution is -0.119. The van der Waals surface area contributed by atoms with Gasteiger partial charge in [-0.05, 0) is 65.9 Å². The van der Waals surface area contributed by atoms with Crippen molar-refractivity contribution in [1.82, 2.24) is 10.2 Å². The zero-order chi connectivity index (χ0) is 21.3. The summed E-state index contributed by atoms with van der Waals surface area (Å²) in [6.45, 7) is 3.44. The molecule has 0 radical (unpaired) electrons. The van der Waals surface area contributed by atoms with Crippen LogP contribution < -0.4 is 10.1 Å². The van der Waals surface area contributed by atoms with E-state index >= 15 is 0 Å². The lowest BCUT2D eigenvalue weighted by atomic mass is 9.77. The molecule has 31 heavy (non-hydrogen) atoms. The Balaban J connectivity index is 1.21. The number of fused-ring (bicyclic) bond motifs is 1. The summed E-state index contributed by atoms with van der Waals surface area (Å²) in [5, 5.41) is 15.8. The number of carbonyl (C=O) groups is 1. The van der Waals surface area contributed by atoms with Gasteiger partial charge in [-0.25, -0.2) is 0 Å². The van der Waals surface area contributed by atoms with Crippen LogP contribution in [0.5, 0.6) is 5.75 Å². The molecule has 3 aromatic rings. The second-order valence-electron chi connectivity index (χ2n) is 8.92. The molecule has 1 aromatic heterocycles. The van der Waals surface area contributed by atoms with Gasteiger partial charge in [-0.15, -0.1) is 0 Å². The maximum atomic E-state index is 11.6. The number of amides is 1. The number of benzene rings is 2. The molecule has 2 N–H and O–H groups in total. The van der Waals surface area contributed by atoms with Gasteiger partial charge < -0.3 is 24.5 Å². The van der Waals surface area contributed by atoms with E-state index in [1.807, 2.05) is 30.3 Å². The van der Waals surface area contributed by atoms with Crippen molar-refractivity contribution in [3.8, 4) is 16.9 Å². The predicted molar refractivity (Wildman–Crippen MR) is 119 cm³/mol. The molecule has 1 atom stereocenters. The second-order valence-corrected chi connectivity index (χ2v) is 8.92. The van der Waals surface area contributed by atoms with E-state index < -0.39 is 6.10 Å². The summed E-state index contributed by atoms with van der Waals surface area (Å²) in [6.07, 6.45) is 5.48. The quantitative estimate of drug-likeness (QED) is 0.639. The Bertz CT molecular complexity index is 1050. The minimum Gasteiger partial charge on any atom is -0.491 e. The first-order valence-corrected chi connectivity index (χ1v) is 11.0. The number of likely N-dealkylation sites (tertiary alicyclic amines) is 1. The lowest BCUT2D eigenvalue weighted by Crippen LogP contribution is -2.45. The van der Waals surface area contributed by atoms with Gasteiger partial charge in [-0.3, -0.25) is 4.79 Å². The number of nitrogens with one attached hydrogen (secondary N) is 1. The zero-order valence-electron chi connectivity index (χ0n) is 17.5. The number of ether oxygens (including phenoxy) is 1. The normalized spacial score (nSPS) is 19.6. The van der Waals surface area contributed by atoms with Crippen molar-refractivity contribution in [1.29, 1.82) is 0 Å². The maximum Gasteiger partial charge on any atom is 0.220 e. The van der Waals surface area contributed by atoms with Gasteiger partial charge in [0.15, 0.2) is 0 Å². The van der Waals surface area contributed by atoms with Gasteiger partial charge in [-0.2, -0.15) is 0 Å². The van der Waals surface area contributed by atoms with Crippen molar-refractivity contribution < 1.29 is 19.1 Å². The Labute approximate surface area is 181 Å². The van der Waals surface area contributed by atoms with Crippen LogP contribution in [-0.4, -0.2) is 54.8 Å². The van der Waals surface area contributed by atoms with Gasteiger partial charge in [0.05, 0.1) is 12.5 Å². The monoisotopic (exact) mass is 420 g/mol. The number of β-amino-alcohol motifs (C(OH)–C–C–N with tert-alkyl or cyclic N) is 1. The topological polar surface area (TPSA) is 74.9 Å². The van der Waals surface area contributed by atoms with Crippen LogP contribution in [0.4, 0.5) is 0 Å². The molecular weight excluding hydrogens is 392 g/mol. The summed E-state index contributed by atoms with van der Waals surface area (Å²) in [4.78, 5) is 13.9. The van der Waals surface area contributed by atoms with Gasteiger partial charge in [0.25, 0.3) is 0 Å². The van der Waals surface area contributed by atoms with E-state index in [4.69, 9.17) is 9.15 Å². The summed E-state index contributed by atoms with van der Waals surface area (Å²) < 4.78 is 11.3. The highest BCUT2D eigenvalue weighted by atomic mass is 16.5.